The van der Waals surface area contributed by atoms with Gasteiger partial charge in [0.15, 0.2) is 5.41 Å². The summed E-state index contributed by atoms with van der Waals surface area (Å²) in [5.74, 6) is -1.11. The lowest BCUT2D eigenvalue weighted by Crippen LogP contribution is -2.31. The molecule has 1 atom stereocenters. The van der Waals surface area contributed by atoms with Gasteiger partial charge in [0.1, 0.15) is 0 Å². The van der Waals surface area contributed by atoms with Gasteiger partial charge in [-0.25, -0.2) is 0 Å². The highest BCUT2D eigenvalue weighted by Gasteiger charge is 2.36. The maximum Gasteiger partial charge on any atom is 0.328 e. The molecule has 0 bridgehead atoms. The second-order valence-corrected chi connectivity index (χ2v) is 3.86. The average Bonchev–Trinajstić information content (AvgIpc) is 2.20. The van der Waals surface area contributed by atoms with Gasteiger partial charge in [-0.15, -0.1) is 0 Å². The maximum atomic E-state index is 11.1. The van der Waals surface area contributed by atoms with E-state index in [9.17, 15) is 4.79 Å². The number of aliphatic carboxylic acids is 1. The molecule has 1 aromatic carbocycles. The number of carboxylic acids is 1. The Morgan fingerprint density at radius 3 is 2.53 bits per heavy atom. The van der Waals surface area contributed by atoms with Crippen molar-refractivity contribution in [2.45, 2.75) is 26.2 Å². The predicted octanol–water partition coefficient (Wildman–Crippen LogP) is 2.17. The zero-order valence-electron chi connectivity index (χ0n) is 9.03. The fourth-order valence-electron chi connectivity index (χ4n) is 1.50. The first-order valence-electron chi connectivity index (χ1n) is 4.64. The van der Waals surface area contributed by atoms with E-state index in [1.54, 1.807) is 6.07 Å². The molecule has 0 saturated carbocycles. The van der Waals surface area contributed by atoms with E-state index in [4.69, 9.17) is 10.4 Å². The highest BCUT2D eigenvalue weighted by Crippen LogP contribution is 2.27. The molecule has 1 aromatic rings. The van der Waals surface area contributed by atoms with E-state index in [2.05, 4.69) is 0 Å². The summed E-state index contributed by atoms with van der Waals surface area (Å²) in [4.78, 5) is 11.1. The molecule has 1 rings (SSSR count). The molecule has 0 heterocycles. The van der Waals surface area contributed by atoms with Crippen LogP contribution in [0.25, 0.3) is 0 Å². The molecular formula is C12H13NO2. The van der Waals surface area contributed by atoms with Crippen molar-refractivity contribution in [3.05, 3.63) is 34.9 Å². The summed E-state index contributed by atoms with van der Waals surface area (Å²) in [6, 6.07) is 7.36. The molecule has 0 spiro atoms. The molecule has 78 valence electrons. The third-order valence-corrected chi connectivity index (χ3v) is 2.58. The van der Waals surface area contributed by atoms with Gasteiger partial charge in [-0.05, 0) is 31.9 Å². The van der Waals surface area contributed by atoms with Gasteiger partial charge in [0.2, 0.25) is 0 Å². The number of aryl methyl sites for hydroxylation is 2. The van der Waals surface area contributed by atoms with Crippen LogP contribution in [0.2, 0.25) is 0 Å². The van der Waals surface area contributed by atoms with Crippen LogP contribution in [-0.4, -0.2) is 11.1 Å². The summed E-state index contributed by atoms with van der Waals surface area (Å²) in [5.41, 5.74) is 0.888. The topological polar surface area (TPSA) is 61.1 Å². The summed E-state index contributed by atoms with van der Waals surface area (Å²) < 4.78 is 0. The fraction of sp³-hybridized carbons (Fsp3) is 0.333. The Balaban J connectivity index is 3.44. The normalized spacial score (nSPS) is 14.0. The third-order valence-electron chi connectivity index (χ3n) is 2.58. The number of benzene rings is 1. The van der Waals surface area contributed by atoms with Crippen LogP contribution >= 0.6 is 0 Å². The number of nitrogens with zero attached hydrogens (tertiary/aromatic N) is 1. The molecule has 0 aromatic heterocycles. The van der Waals surface area contributed by atoms with Crippen LogP contribution in [0.1, 0.15) is 23.6 Å². The van der Waals surface area contributed by atoms with Crippen molar-refractivity contribution in [1.29, 1.82) is 5.26 Å². The molecule has 0 saturated heterocycles. The molecule has 3 heteroatoms. The van der Waals surface area contributed by atoms with Gasteiger partial charge in [-0.3, -0.25) is 4.79 Å². The second-order valence-electron chi connectivity index (χ2n) is 3.86. The highest BCUT2D eigenvalue weighted by atomic mass is 16.4. The smallest absolute Gasteiger partial charge is 0.328 e. The SMILES string of the molecule is Cc1ccc(C)c(C(C)(C#N)C(=O)O)c1. The Bertz CT molecular complexity index is 445. The molecule has 0 fully saturated rings. The van der Waals surface area contributed by atoms with Gasteiger partial charge in [0, 0.05) is 0 Å². The van der Waals surface area contributed by atoms with E-state index < -0.39 is 11.4 Å². The molecular weight excluding hydrogens is 190 g/mol. The van der Waals surface area contributed by atoms with E-state index in [-0.39, 0.29) is 0 Å². The summed E-state index contributed by atoms with van der Waals surface area (Å²) >= 11 is 0. The van der Waals surface area contributed by atoms with Gasteiger partial charge in [0.25, 0.3) is 0 Å². The number of hydrogen-bond acceptors (Lipinski definition) is 2. The van der Waals surface area contributed by atoms with Gasteiger partial charge in [-0.2, -0.15) is 5.26 Å². The van der Waals surface area contributed by atoms with E-state index >= 15 is 0 Å². The average molecular weight is 203 g/mol. The molecule has 15 heavy (non-hydrogen) atoms. The summed E-state index contributed by atoms with van der Waals surface area (Å²) in [5, 5.41) is 18.1. The Hall–Kier alpha value is -1.82. The maximum absolute atomic E-state index is 11.1. The van der Waals surface area contributed by atoms with Crippen LogP contribution in [0.5, 0.6) is 0 Å². The molecule has 0 aliphatic heterocycles. The van der Waals surface area contributed by atoms with Crippen LogP contribution in [0.3, 0.4) is 0 Å². The predicted molar refractivity (Wildman–Crippen MR) is 56.5 cm³/mol. The summed E-state index contributed by atoms with van der Waals surface area (Å²) in [6.45, 7) is 5.12. The Morgan fingerprint density at radius 1 is 1.47 bits per heavy atom. The summed E-state index contributed by atoms with van der Waals surface area (Å²) in [7, 11) is 0. The highest BCUT2D eigenvalue weighted by molar-refractivity contribution is 5.85. The standard InChI is InChI=1S/C12H13NO2/c1-8-4-5-9(2)10(6-8)12(3,7-13)11(14)15/h4-6H,1-3H3,(H,14,15). The van der Waals surface area contributed by atoms with Crippen molar-refractivity contribution in [1.82, 2.24) is 0 Å². The van der Waals surface area contributed by atoms with Crippen molar-refractivity contribution >= 4 is 5.97 Å². The minimum absolute atomic E-state index is 0.567. The number of hydrogen-bond donors (Lipinski definition) is 1. The Labute approximate surface area is 89.0 Å². The van der Waals surface area contributed by atoms with E-state index in [1.807, 2.05) is 32.0 Å². The Morgan fingerprint density at radius 2 is 2.07 bits per heavy atom. The van der Waals surface area contributed by atoms with Crippen molar-refractivity contribution in [3.8, 4) is 6.07 Å². The first kappa shape index (κ1) is 11.3. The quantitative estimate of drug-likeness (QED) is 0.801. The number of nitriles is 1. The first-order valence-corrected chi connectivity index (χ1v) is 4.64. The van der Waals surface area contributed by atoms with E-state index in [0.717, 1.165) is 11.1 Å². The second kappa shape index (κ2) is 3.74. The van der Waals surface area contributed by atoms with Crippen molar-refractivity contribution in [2.75, 3.05) is 0 Å². The molecule has 0 radical (unpaired) electrons. The van der Waals surface area contributed by atoms with Crippen molar-refractivity contribution in [3.63, 3.8) is 0 Å². The number of carboxylic acid groups (broad SMARTS) is 1. The van der Waals surface area contributed by atoms with Crippen LogP contribution in [-0.2, 0) is 10.2 Å². The van der Waals surface area contributed by atoms with Crippen LogP contribution in [0.4, 0.5) is 0 Å². The molecule has 0 amide bonds. The van der Waals surface area contributed by atoms with Gasteiger partial charge in [-0.1, -0.05) is 23.8 Å². The molecule has 0 aliphatic rings. The number of rotatable bonds is 2. The van der Waals surface area contributed by atoms with Gasteiger partial charge in [0.05, 0.1) is 6.07 Å². The third kappa shape index (κ3) is 1.84. The van der Waals surface area contributed by atoms with Crippen LogP contribution in [0.15, 0.2) is 18.2 Å². The lowest BCUT2D eigenvalue weighted by molar-refractivity contribution is -0.141. The monoisotopic (exact) mass is 203 g/mol. The van der Waals surface area contributed by atoms with Crippen LogP contribution in [0, 0.1) is 25.2 Å². The van der Waals surface area contributed by atoms with E-state index in [1.165, 1.54) is 6.92 Å². The van der Waals surface area contributed by atoms with E-state index in [0.29, 0.717) is 5.56 Å². The summed E-state index contributed by atoms with van der Waals surface area (Å²) in [6.07, 6.45) is 0. The molecule has 1 N–H and O–H groups in total. The minimum Gasteiger partial charge on any atom is -0.480 e. The van der Waals surface area contributed by atoms with Crippen molar-refractivity contribution in [2.24, 2.45) is 0 Å². The molecule has 3 nitrogen and oxygen atoms in total. The zero-order chi connectivity index (χ0) is 11.6. The van der Waals surface area contributed by atoms with Crippen LogP contribution < -0.4 is 0 Å². The largest absolute Gasteiger partial charge is 0.480 e. The first-order chi connectivity index (χ1) is 6.91. The fourth-order valence-corrected chi connectivity index (χ4v) is 1.50. The van der Waals surface area contributed by atoms with Gasteiger partial charge < -0.3 is 5.11 Å². The minimum atomic E-state index is -1.46. The van der Waals surface area contributed by atoms with Crippen molar-refractivity contribution < 1.29 is 9.90 Å². The molecule has 1 unspecified atom stereocenters. The number of carbonyl (C=O) groups is 1. The molecule has 0 aliphatic carbocycles. The lowest BCUT2D eigenvalue weighted by Gasteiger charge is -2.19. The lowest BCUT2D eigenvalue weighted by atomic mass is 9.81. The zero-order valence-corrected chi connectivity index (χ0v) is 9.03. The Kier molecular flexibility index (Phi) is 2.81. The van der Waals surface area contributed by atoms with Gasteiger partial charge >= 0.3 is 5.97 Å².